The van der Waals surface area contributed by atoms with E-state index in [2.05, 4.69) is 15.6 Å². The fraction of sp³-hybridized carbons (Fsp3) is 0.182. The molecule has 0 atom stereocenters. The van der Waals surface area contributed by atoms with Gasteiger partial charge in [-0.15, -0.1) is 0 Å². The summed E-state index contributed by atoms with van der Waals surface area (Å²) in [7, 11) is -2.37. The van der Waals surface area contributed by atoms with Gasteiger partial charge in [-0.2, -0.15) is 21.6 Å². The van der Waals surface area contributed by atoms with Gasteiger partial charge in [0.15, 0.2) is 0 Å². The standard InChI is InChI=1S/C22H18F3N3O2S/c1-13-5-7-15(11-18(13)19-8-6-14(12-27-19)22(23,24)25)28-20-4-2-3-17-16(20)9-10-26-21(17)31(29)30/h2-8,11-12,26,28H,9-10H2,1H3. The molecule has 5 nitrogen and oxygen atoms in total. The maximum absolute atomic E-state index is 12.8. The highest BCUT2D eigenvalue weighted by atomic mass is 32.2. The fourth-order valence-corrected chi connectivity index (χ4v) is 4.17. The number of aromatic nitrogens is 1. The van der Waals surface area contributed by atoms with Crippen LogP contribution in [0.1, 0.15) is 22.3 Å². The minimum absolute atomic E-state index is 0.170. The number of nitrogens with zero attached hydrogens (tertiary/aromatic N) is 1. The average Bonchev–Trinajstić information content (AvgIpc) is 2.74. The zero-order valence-corrected chi connectivity index (χ0v) is 17.2. The summed E-state index contributed by atoms with van der Waals surface area (Å²) in [6.45, 7) is 2.36. The van der Waals surface area contributed by atoms with E-state index in [4.69, 9.17) is 0 Å². The highest BCUT2D eigenvalue weighted by Gasteiger charge is 2.30. The molecule has 0 radical (unpaired) electrons. The number of fused-ring (bicyclic) bond motifs is 1. The number of nitrogens with one attached hydrogen (secondary N) is 2. The van der Waals surface area contributed by atoms with Gasteiger partial charge in [0.05, 0.1) is 11.3 Å². The van der Waals surface area contributed by atoms with Gasteiger partial charge >= 0.3 is 6.18 Å². The first kappa shape index (κ1) is 21.1. The van der Waals surface area contributed by atoms with Crippen LogP contribution in [0.25, 0.3) is 11.3 Å². The third-order valence-electron chi connectivity index (χ3n) is 5.13. The van der Waals surface area contributed by atoms with Crippen LogP contribution >= 0.6 is 0 Å². The second kappa shape index (κ2) is 8.16. The lowest BCUT2D eigenvalue weighted by atomic mass is 9.98. The number of hydrogen-bond acceptors (Lipinski definition) is 4. The van der Waals surface area contributed by atoms with Crippen molar-refractivity contribution in [2.45, 2.75) is 19.5 Å². The van der Waals surface area contributed by atoms with Crippen molar-refractivity contribution in [2.24, 2.45) is 0 Å². The SMILES string of the molecule is Cc1ccc(Nc2cccc3c2CCNC3=S(=O)=O)cc1-c1ccc(C(F)(F)F)cn1. The molecule has 0 saturated heterocycles. The Morgan fingerprint density at radius 2 is 1.87 bits per heavy atom. The van der Waals surface area contributed by atoms with Gasteiger partial charge in [0, 0.05) is 35.2 Å². The predicted octanol–water partition coefficient (Wildman–Crippen LogP) is 4.32. The normalized spacial score (nSPS) is 13.6. The Morgan fingerprint density at radius 3 is 2.55 bits per heavy atom. The summed E-state index contributed by atoms with van der Waals surface area (Å²) in [4.78, 5) is 4.17. The largest absolute Gasteiger partial charge is 0.417 e. The molecule has 9 heteroatoms. The van der Waals surface area contributed by atoms with E-state index in [0.717, 1.165) is 34.8 Å². The second-order valence-corrected chi connectivity index (χ2v) is 8.03. The van der Waals surface area contributed by atoms with E-state index in [1.807, 2.05) is 31.2 Å². The van der Waals surface area contributed by atoms with Crippen LogP contribution in [0.2, 0.25) is 0 Å². The van der Waals surface area contributed by atoms with Gasteiger partial charge < -0.3 is 5.32 Å². The molecule has 0 bridgehead atoms. The van der Waals surface area contributed by atoms with Crippen molar-refractivity contribution in [1.29, 1.82) is 0 Å². The fourth-order valence-electron chi connectivity index (χ4n) is 3.58. The maximum atomic E-state index is 12.8. The molecule has 3 aromatic rings. The van der Waals surface area contributed by atoms with Gasteiger partial charge in [0.1, 0.15) is 4.99 Å². The predicted molar refractivity (Wildman–Crippen MR) is 114 cm³/mol. The molecule has 0 amide bonds. The van der Waals surface area contributed by atoms with E-state index in [9.17, 15) is 21.6 Å². The van der Waals surface area contributed by atoms with Crippen LogP contribution in [-0.4, -0.2) is 24.9 Å². The lowest BCUT2D eigenvalue weighted by Gasteiger charge is -2.21. The van der Waals surface area contributed by atoms with E-state index in [1.54, 1.807) is 12.1 Å². The number of rotatable bonds is 3. The number of benzene rings is 2. The first-order chi connectivity index (χ1) is 14.7. The number of aryl methyl sites for hydroxylation is 1. The molecule has 1 aliphatic heterocycles. The number of pyridine rings is 1. The van der Waals surface area contributed by atoms with Crippen LogP contribution < -0.4 is 10.6 Å². The van der Waals surface area contributed by atoms with Gasteiger partial charge in [0.25, 0.3) is 0 Å². The molecule has 160 valence electrons. The first-order valence-corrected chi connectivity index (χ1v) is 10.5. The van der Waals surface area contributed by atoms with Crippen LogP contribution in [-0.2, 0) is 22.9 Å². The molecule has 0 saturated carbocycles. The Morgan fingerprint density at radius 1 is 1.06 bits per heavy atom. The molecule has 1 aromatic heterocycles. The second-order valence-electron chi connectivity index (χ2n) is 7.16. The molecule has 4 rings (SSSR count). The van der Waals surface area contributed by atoms with E-state index >= 15 is 0 Å². The number of anilines is 2. The summed E-state index contributed by atoms with van der Waals surface area (Å²) in [5, 5.41) is 6.22. The zero-order chi connectivity index (χ0) is 22.2. The third kappa shape index (κ3) is 4.33. The van der Waals surface area contributed by atoms with Gasteiger partial charge in [-0.3, -0.25) is 10.3 Å². The summed E-state index contributed by atoms with van der Waals surface area (Å²) in [6, 6.07) is 13.3. The van der Waals surface area contributed by atoms with Crippen LogP contribution in [0.4, 0.5) is 24.5 Å². The van der Waals surface area contributed by atoms with E-state index < -0.39 is 22.0 Å². The lowest BCUT2D eigenvalue weighted by Crippen LogP contribution is -2.33. The molecule has 1 aliphatic rings. The van der Waals surface area contributed by atoms with Crippen molar-refractivity contribution >= 4 is 26.7 Å². The van der Waals surface area contributed by atoms with Crippen molar-refractivity contribution in [3.05, 3.63) is 77.0 Å². The Bertz CT molecular complexity index is 1280. The summed E-state index contributed by atoms with van der Waals surface area (Å²) < 4.78 is 61.5. The van der Waals surface area contributed by atoms with Gasteiger partial charge in [0.2, 0.25) is 10.3 Å². The Balaban J connectivity index is 1.69. The van der Waals surface area contributed by atoms with Crippen LogP contribution in [0.15, 0.2) is 54.7 Å². The number of alkyl halides is 3. The average molecular weight is 445 g/mol. The molecule has 2 aromatic carbocycles. The zero-order valence-electron chi connectivity index (χ0n) is 16.4. The van der Waals surface area contributed by atoms with Gasteiger partial charge in [-0.05, 0) is 54.8 Å². The van der Waals surface area contributed by atoms with Crippen molar-refractivity contribution in [2.75, 3.05) is 11.9 Å². The van der Waals surface area contributed by atoms with Crippen LogP contribution in [0, 0.1) is 6.92 Å². The smallest absolute Gasteiger partial charge is 0.355 e. The molecule has 0 spiro atoms. The molecule has 31 heavy (non-hydrogen) atoms. The Kier molecular flexibility index (Phi) is 5.55. The van der Waals surface area contributed by atoms with Crippen molar-refractivity contribution in [1.82, 2.24) is 10.3 Å². The molecule has 2 heterocycles. The quantitative estimate of drug-likeness (QED) is 0.588. The summed E-state index contributed by atoms with van der Waals surface area (Å²) in [5.41, 5.74) is 4.22. The molecular formula is C22H18F3N3O2S. The number of halogens is 3. The van der Waals surface area contributed by atoms with Crippen LogP contribution in [0.5, 0.6) is 0 Å². The molecule has 0 unspecified atom stereocenters. The minimum Gasteiger partial charge on any atom is -0.355 e. The van der Waals surface area contributed by atoms with Gasteiger partial charge in [-0.1, -0.05) is 18.2 Å². The third-order valence-corrected chi connectivity index (χ3v) is 5.83. The highest BCUT2D eigenvalue weighted by molar-refractivity contribution is 7.73. The Labute approximate surface area is 178 Å². The van der Waals surface area contributed by atoms with E-state index in [0.29, 0.717) is 29.8 Å². The number of hydrogen-bond donors (Lipinski definition) is 2. The maximum Gasteiger partial charge on any atom is 0.417 e. The molecule has 2 N–H and O–H groups in total. The molecule has 0 aliphatic carbocycles. The van der Waals surface area contributed by atoms with E-state index in [-0.39, 0.29) is 4.99 Å². The van der Waals surface area contributed by atoms with Crippen molar-refractivity contribution in [3.63, 3.8) is 0 Å². The van der Waals surface area contributed by atoms with Crippen molar-refractivity contribution < 1.29 is 21.6 Å². The summed E-state index contributed by atoms with van der Waals surface area (Å²) in [6.07, 6.45) is -2.96. The van der Waals surface area contributed by atoms with Gasteiger partial charge in [-0.25, -0.2) is 0 Å². The lowest BCUT2D eigenvalue weighted by molar-refractivity contribution is -0.137. The Hall–Kier alpha value is -3.17. The monoisotopic (exact) mass is 445 g/mol. The minimum atomic E-state index is -4.44. The topological polar surface area (TPSA) is 71.1 Å². The summed E-state index contributed by atoms with van der Waals surface area (Å²) >= 11 is 0. The van der Waals surface area contributed by atoms with E-state index in [1.165, 1.54) is 6.07 Å². The van der Waals surface area contributed by atoms with Crippen molar-refractivity contribution in [3.8, 4) is 11.3 Å². The first-order valence-electron chi connectivity index (χ1n) is 9.47. The molecule has 0 fully saturated rings. The van der Waals surface area contributed by atoms with Crippen LogP contribution in [0.3, 0.4) is 0 Å². The highest BCUT2D eigenvalue weighted by Crippen LogP contribution is 2.32. The molecular weight excluding hydrogens is 427 g/mol. The summed E-state index contributed by atoms with van der Waals surface area (Å²) in [5.74, 6) is 0.